The highest BCUT2D eigenvalue weighted by Gasteiger charge is 2.32. The van der Waals surface area contributed by atoms with Crippen LogP contribution in [0.2, 0.25) is 0 Å². The van der Waals surface area contributed by atoms with E-state index in [-0.39, 0.29) is 5.60 Å². The van der Waals surface area contributed by atoms with Gasteiger partial charge in [-0.2, -0.15) is 0 Å². The molecule has 0 aromatic heterocycles. The lowest BCUT2D eigenvalue weighted by Crippen LogP contribution is -2.34. The molecule has 1 saturated carbocycles. The second kappa shape index (κ2) is 4.48. The van der Waals surface area contributed by atoms with Crippen molar-refractivity contribution in [1.82, 2.24) is 0 Å². The summed E-state index contributed by atoms with van der Waals surface area (Å²) < 4.78 is 5.11. The van der Waals surface area contributed by atoms with Gasteiger partial charge in [0.15, 0.2) is 0 Å². The van der Waals surface area contributed by atoms with Gasteiger partial charge in [-0.3, -0.25) is 0 Å². The molecule has 1 aliphatic rings. The molecule has 0 unspecified atom stereocenters. The van der Waals surface area contributed by atoms with Gasteiger partial charge in [0.25, 0.3) is 0 Å². The summed E-state index contributed by atoms with van der Waals surface area (Å²) in [4.78, 5) is 10.2. The van der Waals surface area contributed by atoms with Gasteiger partial charge in [0.2, 0.25) is 0 Å². The van der Waals surface area contributed by atoms with Crippen LogP contribution in [0.25, 0.3) is 0 Å². The van der Waals surface area contributed by atoms with E-state index in [1.807, 2.05) is 0 Å². The zero-order valence-corrected chi connectivity index (χ0v) is 7.77. The van der Waals surface area contributed by atoms with Gasteiger partial charge < -0.3 is 4.74 Å². The molecule has 1 aliphatic carbocycles. The monoisotopic (exact) mass is 169 g/mol. The maximum absolute atomic E-state index is 10.2. The van der Waals surface area contributed by atoms with Crippen LogP contribution in [0.4, 0.5) is 0 Å². The average molecular weight is 169 g/mol. The fourth-order valence-electron chi connectivity index (χ4n) is 2.14. The fourth-order valence-corrected chi connectivity index (χ4v) is 2.14. The van der Waals surface area contributed by atoms with Gasteiger partial charge in [-0.1, -0.05) is 19.8 Å². The summed E-state index contributed by atoms with van der Waals surface area (Å²) in [6.07, 6.45) is 7.84. The highest BCUT2D eigenvalue weighted by atomic mass is 16.5. The Morgan fingerprint density at radius 1 is 1.33 bits per heavy atom. The van der Waals surface area contributed by atoms with Crippen LogP contribution >= 0.6 is 0 Å². The molecule has 0 aliphatic heterocycles. The quantitative estimate of drug-likeness (QED) is 0.646. The topological polar surface area (TPSA) is 26.3 Å². The molecule has 0 saturated heterocycles. The lowest BCUT2D eigenvalue weighted by molar-refractivity contribution is 0.00675. The number of ether oxygens (including phenoxy) is 1. The van der Waals surface area contributed by atoms with E-state index in [0.29, 0.717) is 0 Å². The summed E-state index contributed by atoms with van der Waals surface area (Å²) in [6, 6.07) is 0. The Morgan fingerprint density at radius 2 is 2.00 bits per heavy atom. The molecule has 0 spiro atoms. The molecule has 2 heteroatoms. The molecule has 1 fully saturated rings. The summed E-state index contributed by atoms with van der Waals surface area (Å²) in [6.45, 7) is 3.74. The third-order valence-corrected chi connectivity index (χ3v) is 2.73. The summed E-state index contributed by atoms with van der Waals surface area (Å²) >= 11 is 0. The van der Waals surface area contributed by atoms with E-state index in [1.165, 1.54) is 19.3 Å². The van der Waals surface area contributed by atoms with Gasteiger partial charge in [0.05, 0.1) is 0 Å². The van der Waals surface area contributed by atoms with Crippen molar-refractivity contribution in [1.29, 1.82) is 0 Å². The van der Waals surface area contributed by atoms with Gasteiger partial charge in [0, 0.05) is 0 Å². The fraction of sp³-hybridized carbons (Fsp3) is 0.900. The highest BCUT2D eigenvalue weighted by Crippen LogP contribution is 2.34. The molecular weight excluding hydrogens is 152 g/mol. The molecular formula is C10H17O2. The van der Waals surface area contributed by atoms with E-state index < -0.39 is 0 Å². The summed E-state index contributed by atoms with van der Waals surface area (Å²) in [7, 11) is 0. The first-order chi connectivity index (χ1) is 5.83. The lowest BCUT2D eigenvalue weighted by atomic mass is 9.81. The molecule has 0 bridgehead atoms. The van der Waals surface area contributed by atoms with Gasteiger partial charge in [-0.05, 0) is 32.1 Å². The summed E-state index contributed by atoms with van der Waals surface area (Å²) in [5.74, 6) is 0. The first-order valence-corrected chi connectivity index (χ1v) is 4.88. The Balaban J connectivity index is 2.49. The third-order valence-electron chi connectivity index (χ3n) is 2.73. The van der Waals surface area contributed by atoms with E-state index in [2.05, 4.69) is 6.92 Å². The van der Waals surface area contributed by atoms with Gasteiger partial charge >= 0.3 is 6.47 Å². The van der Waals surface area contributed by atoms with Crippen LogP contribution in [0, 0.1) is 0 Å². The van der Waals surface area contributed by atoms with Crippen LogP contribution < -0.4 is 0 Å². The zero-order valence-electron chi connectivity index (χ0n) is 7.77. The number of carbonyl (C=O) groups excluding carboxylic acids is 1. The molecule has 12 heavy (non-hydrogen) atoms. The third kappa shape index (κ3) is 2.23. The molecule has 2 nitrogen and oxygen atoms in total. The average Bonchev–Trinajstić information content (AvgIpc) is 2.07. The Hall–Kier alpha value is -0.530. The van der Waals surface area contributed by atoms with E-state index >= 15 is 0 Å². The Bertz CT molecular complexity index is 131. The molecule has 69 valence electrons. The minimum Gasteiger partial charge on any atom is -0.451 e. The van der Waals surface area contributed by atoms with E-state index in [0.717, 1.165) is 25.7 Å². The van der Waals surface area contributed by atoms with Gasteiger partial charge in [-0.15, -0.1) is 0 Å². The molecule has 0 heterocycles. The Labute approximate surface area is 74.3 Å². The zero-order chi connectivity index (χ0) is 8.86. The SMILES string of the molecule is CCCC1(O[C]=O)CCCCC1. The maximum atomic E-state index is 10.2. The highest BCUT2D eigenvalue weighted by molar-refractivity contribution is 5.39. The Morgan fingerprint density at radius 3 is 2.50 bits per heavy atom. The van der Waals surface area contributed by atoms with Crippen LogP contribution in [0.5, 0.6) is 0 Å². The van der Waals surface area contributed by atoms with Crippen molar-refractivity contribution < 1.29 is 9.53 Å². The standard InChI is InChI=1S/C10H17O2/c1-2-6-10(12-9-11)7-4-3-5-8-10/h2-8H2,1H3. The second-order valence-corrected chi connectivity index (χ2v) is 3.68. The van der Waals surface area contributed by atoms with E-state index in [4.69, 9.17) is 4.74 Å². The number of rotatable bonds is 4. The van der Waals surface area contributed by atoms with Crippen molar-refractivity contribution >= 4 is 6.47 Å². The van der Waals surface area contributed by atoms with Crippen molar-refractivity contribution in [3.63, 3.8) is 0 Å². The molecule has 1 rings (SSSR count). The van der Waals surface area contributed by atoms with Crippen molar-refractivity contribution in [3.8, 4) is 0 Å². The molecule has 0 amide bonds. The van der Waals surface area contributed by atoms with Crippen LogP contribution in [-0.2, 0) is 9.53 Å². The maximum Gasteiger partial charge on any atom is 0.418 e. The minimum atomic E-state index is -0.144. The second-order valence-electron chi connectivity index (χ2n) is 3.68. The molecule has 0 aromatic rings. The van der Waals surface area contributed by atoms with Crippen LogP contribution in [0.1, 0.15) is 51.9 Å². The number of hydrogen-bond acceptors (Lipinski definition) is 2. The van der Waals surface area contributed by atoms with Crippen molar-refractivity contribution in [3.05, 3.63) is 0 Å². The van der Waals surface area contributed by atoms with E-state index in [1.54, 1.807) is 6.47 Å². The van der Waals surface area contributed by atoms with Crippen molar-refractivity contribution in [2.24, 2.45) is 0 Å². The Kier molecular flexibility index (Phi) is 3.57. The summed E-state index contributed by atoms with van der Waals surface area (Å²) in [5.41, 5.74) is -0.144. The van der Waals surface area contributed by atoms with Gasteiger partial charge in [0.1, 0.15) is 5.60 Å². The molecule has 0 aromatic carbocycles. The normalized spacial score (nSPS) is 21.8. The van der Waals surface area contributed by atoms with Gasteiger partial charge in [-0.25, -0.2) is 4.79 Å². The minimum absolute atomic E-state index is 0.144. The first kappa shape index (κ1) is 9.56. The lowest BCUT2D eigenvalue weighted by Gasteiger charge is -2.34. The summed E-state index contributed by atoms with van der Waals surface area (Å²) in [5, 5.41) is 0. The number of hydrogen-bond donors (Lipinski definition) is 0. The predicted molar refractivity (Wildman–Crippen MR) is 47.5 cm³/mol. The van der Waals surface area contributed by atoms with Crippen LogP contribution in [0.3, 0.4) is 0 Å². The van der Waals surface area contributed by atoms with Crippen LogP contribution in [0.15, 0.2) is 0 Å². The van der Waals surface area contributed by atoms with E-state index in [9.17, 15) is 4.79 Å². The first-order valence-electron chi connectivity index (χ1n) is 4.88. The van der Waals surface area contributed by atoms with Crippen molar-refractivity contribution in [2.75, 3.05) is 0 Å². The largest absolute Gasteiger partial charge is 0.451 e. The smallest absolute Gasteiger partial charge is 0.418 e. The molecule has 1 radical (unpaired) electrons. The van der Waals surface area contributed by atoms with Crippen LogP contribution in [-0.4, -0.2) is 12.1 Å². The molecule has 0 atom stereocenters. The predicted octanol–water partition coefficient (Wildman–Crippen LogP) is 2.57. The van der Waals surface area contributed by atoms with Crippen molar-refractivity contribution in [2.45, 2.75) is 57.5 Å². The molecule has 0 N–H and O–H groups in total.